The standard InChI is InChI=1S/C14H19N3O2S/c1-14(2,6-7-19-3)12(18)15-9-4-5-10-11(8-9)17-13(20)16-10/h4-5,8H,6-7H2,1-3H3,(H,15,18)(H2,16,17,20). The summed E-state index contributed by atoms with van der Waals surface area (Å²) >= 11 is 5.04. The van der Waals surface area contributed by atoms with Crippen LogP contribution in [0.4, 0.5) is 5.69 Å². The number of methoxy groups -OCH3 is 1. The molecule has 3 N–H and O–H groups in total. The van der Waals surface area contributed by atoms with Crippen molar-refractivity contribution in [2.24, 2.45) is 5.41 Å². The third-order valence-corrected chi connectivity index (χ3v) is 3.52. The van der Waals surface area contributed by atoms with E-state index < -0.39 is 5.41 Å². The number of hydrogen-bond acceptors (Lipinski definition) is 3. The normalized spacial score (nSPS) is 11.8. The number of carbonyl (C=O) groups excluding carboxylic acids is 1. The lowest BCUT2D eigenvalue weighted by molar-refractivity contribution is -0.124. The molecule has 0 unspecified atom stereocenters. The van der Waals surface area contributed by atoms with E-state index in [0.717, 1.165) is 16.7 Å². The third kappa shape index (κ3) is 3.26. The van der Waals surface area contributed by atoms with Gasteiger partial charge in [0.15, 0.2) is 4.77 Å². The first-order valence-electron chi connectivity index (χ1n) is 6.45. The first kappa shape index (κ1) is 14.7. The first-order chi connectivity index (χ1) is 9.42. The first-order valence-corrected chi connectivity index (χ1v) is 6.86. The van der Waals surface area contributed by atoms with Gasteiger partial charge in [0, 0.05) is 24.8 Å². The second kappa shape index (κ2) is 5.76. The van der Waals surface area contributed by atoms with Gasteiger partial charge in [0.2, 0.25) is 5.91 Å². The molecule has 6 heteroatoms. The van der Waals surface area contributed by atoms with Crippen LogP contribution in [0.2, 0.25) is 0 Å². The fraction of sp³-hybridized carbons (Fsp3) is 0.429. The summed E-state index contributed by atoms with van der Waals surface area (Å²) in [6, 6.07) is 5.61. The summed E-state index contributed by atoms with van der Waals surface area (Å²) in [5.74, 6) is -0.0250. The number of H-pyrrole nitrogens is 2. The molecular weight excluding hydrogens is 274 g/mol. The molecule has 0 aliphatic heterocycles. The van der Waals surface area contributed by atoms with Crippen LogP contribution in [0.1, 0.15) is 20.3 Å². The molecule has 0 spiro atoms. The Labute approximate surface area is 122 Å². The zero-order valence-corrected chi connectivity index (χ0v) is 12.7. The molecule has 0 aliphatic rings. The van der Waals surface area contributed by atoms with Crippen molar-refractivity contribution in [3.8, 4) is 0 Å². The van der Waals surface area contributed by atoms with Crippen molar-refractivity contribution < 1.29 is 9.53 Å². The number of ether oxygens (including phenoxy) is 1. The van der Waals surface area contributed by atoms with Gasteiger partial charge in [0.25, 0.3) is 0 Å². The van der Waals surface area contributed by atoms with Gasteiger partial charge in [0.1, 0.15) is 0 Å². The fourth-order valence-corrected chi connectivity index (χ4v) is 2.10. The molecule has 2 rings (SSSR count). The highest BCUT2D eigenvalue weighted by molar-refractivity contribution is 7.71. The molecule has 0 saturated carbocycles. The summed E-state index contributed by atoms with van der Waals surface area (Å²) in [6.07, 6.45) is 0.671. The molecule has 0 aliphatic carbocycles. The average molecular weight is 293 g/mol. The van der Waals surface area contributed by atoms with Crippen LogP contribution < -0.4 is 5.32 Å². The Morgan fingerprint density at radius 1 is 1.35 bits per heavy atom. The Bertz CT molecular complexity index is 672. The summed E-state index contributed by atoms with van der Waals surface area (Å²) in [7, 11) is 1.63. The number of hydrogen-bond donors (Lipinski definition) is 3. The van der Waals surface area contributed by atoms with Gasteiger partial charge in [0.05, 0.1) is 11.0 Å². The Hall–Kier alpha value is -1.66. The number of nitrogens with one attached hydrogen (secondary N) is 3. The van der Waals surface area contributed by atoms with Gasteiger partial charge >= 0.3 is 0 Å². The minimum absolute atomic E-state index is 0.0250. The molecule has 108 valence electrons. The van der Waals surface area contributed by atoms with Crippen LogP contribution in [0.5, 0.6) is 0 Å². The SMILES string of the molecule is COCCC(C)(C)C(=O)Nc1ccc2[nH]c(=S)[nH]c2c1. The maximum atomic E-state index is 12.3. The topological polar surface area (TPSA) is 69.9 Å². The Balaban J connectivity index is 2.14. The van der Waals surface area contributed by atoms with E-state index >= 15 is 0 Å². The second-order valence-corrected chi connectivity index (χ2v) is 5.83. The van der Waals surface area contributed by atoms with E-state index in [4.69, 9.17) is 17.0 Å². The maximum Gasteiger partial charge on any atom is 0.230 e. The van der Waals surface area contributed by atoms with Crippen molar-refractivity contribution in [3.05, 3.63) is 23.0 Å². The maximum absolute atomic E-state index is 12.3. The van der Waals surface area contributed by atoms with Crippen molar-refractivity contribution in [1.82, 2.24) is 9.97 Å². The van der Waals surface area contributed by atoms with Crippen molar-refractivity contribution in [2.45, 2.75) is 20.3 Å². The number of rotatable bonds is 5. The molecular formula is C14H19N3O2S. The predicted molar refractivity (Wildman–Crippen MR) is 82.4 cm³/mol. The number of imidazole rings is 1. The van der Waals surface area contributed by atoms with Crippen molar-refractivity contribution in [2.75, 3.05) is 19.0 Å². The van der Waals surface area contributed by atoms with E-state index in [1.54, 1.807) is 7.11 Å². The molecule has 1 aromatic carbocycles. The highest BCUT2D eigenvalue weighted by Crippen LogP contribution is 2.24. The van der Waals surface area contributed by atoms with Crippen LogP contribution in [0.25, 0.3) is 11.0 Å². The van der Waals surface area contributed by atoms with E-state index in [-0.39, 0.29) is 5.91 Å². The third-order valence-electron chi connectivity index (χ3n) is 3.32. The van der Waals surface area contributed by atoms with Crippen LogP contribution >= 0.6 is 12.2 Å². The molecule has 1 aromatic heterocycles. The number of benzene rings is 1. The van der Waals surface area contributed by atoms with Gasteiger partial charge in [-0.1, -0.05) is 13.8 Å². The summed E-state index contributed by atoms with van der Waals surface area (Å²) in [5, 5.41) is 2.93. The molecule has 0 radical (unpaired) electrons. The van der Waals surface area contributed by atoms with Crippen molar-refractivity contribution >= 4 is 34.8 Å². The highest BCUT2D eigenvalue weighted by atomic mass is 32.1. The molecule has 0 saturated heterocycles. The fourth-order valence-electron chi connectivity index (χ4n) is 1.88. The number of carbonyl (C=O) groups is 1. The van der Waals surface area contributed by atoms with Crippen molar-refractivity contribution in [1.29, 1.82) is 0 Å². The molecule has 1 heterocycles. The Kier molecular flexibility index (Phi) is 4.25. The lowest BCUT2D eigenvalue weighted by Gasteiger charge is -2.23. The number of anilines is 1. The molecule has 2 aromatic rings. The summed E-state index contributed by atoms with van der Waals surface area (Å²) in [4.78, 5) is 18.3. The smallest absolute Gasteiger partial charge is 0.230 e. The highest BCUT2D eigenvalue weighted by Gasteiger charge is 2.27. The van der Waals surface area contributed by atoms with Gasteiger partial charge in [-0.05, 0) is 36.8 Å². The molecule has 1 amide bonds. The Morgan fingerprint density at radius 2 is 2.05 bits per heavy atom. The van der Waals surface area contributed by atoms with Gasteiger partial charge in [-0.15, -0.1) is 0 Å². The molecule has 20 heavy (non-hydrogen) atoms. The van der Waals surface area contributed by atoms with Gasteiger partial charge in [-0.25, -0.2) is 0 Å². The molecule has 0 atom stereocenters. The van der Waals surface area contributed by atoms with Gasteiger partial charge in [-0.3, -0.25) is 4.79 Å². The van der Waals surface area contributed by atoms with Crippen LogP contribution in [0, 0.1) is 10.2 Å². The lowest BCUT2D eigenvalue weighted by atomic mass is 9.88. The number of aromatic nitrogens is 2. The number of amides is 1. The van der Waals surface area contributed by atoms with E-state index in [1.807, 2.05) is 32.0 Å². The quantitative estimate of drug-likeness (QED) is 0.741. The lowest BCUT2D eigenvalue weighted by Crippen LogP contribution is -2.31. The number of aromatic amines is 2. The summed E-state index contributed by atoms with van der Waals surface area (Å²) in [5.41, 5.74) is 2.07. The summed E-state index contributed by atoms with van der Waals surface area (Å²) < 4.78 is 5.61. The zero-order chi connectivity index (χ0) is 14.8. The van der Waals surface area contributed by atoms with Crippen LogP contribution in [0.15, 0.2) is 18.2 Å². The van der Waals surface area contributed by atoms with E-state index in [1.165, 1.54) is 0 Å². The minimum atomic E-state index is -0.476. The van der Waals surface area contributed by atoms with Gasteiger partial charge in [-0.2, -0.15) is 0 Å². The molecule has 0 fully saturated rings. The zero-order valence-electron chi connectivity index (χ0n) is 11.9. The number of fused-ring (bicyclic) bond motifs is 1. The molecule has 5 nitrogen and oxygen atoms in total. The minimum Gasteiger partial charge on any atom is -0.385 e. The van der Waals surface area contributed by atoms with Gasteiger partial charge < -0.3 is 20.0 Å². The van der Waals surface area contributed by atoms with Crippen molar-refractivity contribution in [3.63, 3.8) is 0 Å². The largest absolute Gasteiger partial charge is 0.385 e. The summed E-state index contributed by atoms with van der Waals surface area (Å²) in [6.45, 7) is 4.37. The molecule has 0 bridgehead atoms. The van der Waals surface area contributed by atoms with E-state index in [2.05, 4.69) is 15.3 Å². The van der Waals surface area contributed by atoms with E-state index in [9.17, 15) is 4.79 Å². The van der Waals surface area contributed by atoms with Crippen LogP contribution in [0.3, 0.4) is 0 Å². The Morgan fingerprint density at radius 3 is 2.75 bits per heavy atom. The monoisotopic (exact) mass is 293 g/mol. The average Bonchev–Trinajstić information content (AvgIpc) is 2.75. The van der Waals surface area contributed by atoms with E-state index in [0.29, 0.717) is 17.8 Å². The predicted octanol–water partition coefficient (Wildman–Crippen LogP) is 3.23. The van der Waals surface area contributed by atoms with Crippen LogP contribution in [-0.2, 0) is 9.53 Å². The second-order valence-electron chi connectivity index (χ2n) is 5.42. The van der Waals surface area contributed by atoms with Crippen LogP contribution in [-0.4, -0.2) is 29.6 Å².